The van der Waals surface area contributed by atoms with E-state index >= 15 is 0 Å². The number of aryl methyl sites for hydroxylation is 1. The molecule has 2 unspecified atom stereocenters. The van der Waals surface area contributed by atoms with Crippen LogP contribution in [0, 0.1) is 18.8 Å². The Bertz CT molecular complexity index is 686. The van der Waals surface area contributed by atoms with Crippen LogP contribution < -0.4 is 0 Å². The standard InChI is InChI=1S/C14H18BrNO4S/c1-8-4-11(8)7-16(3)21(19,20)12-6-10(14(17)18)5-9(2)13(12)15/h5-6,8,11H,4,7H2,1-3H3,(H,17,18). The van der Waals surface area contributed by atoms with Crippen LogP contribution in [0.25, 0.3) is 0 Å². The van der Waals surface area contributed by atoms with Gasteiger partial charge in [0.2, 0.25) is 10.0 Å². The maximum Gasteiger partial charge on any atom is 0.335 e. The molecule has 1 aliphatic carbocycles. The summed E-state index contributed by atoms with van der Waals surface area (Å²) in [5, 5.41) is 9.10. The zero-order chi connectivity index (χ0) is 15.9. The van der Waals surface area contributed by atoms with Crippen LogP contribution in [0.5, 0.6) is 0 Å². The van der Waals surface area contributed by atoms with E-state index in [0.29, 0.717) is 28.4 Å². The minimum absolute atomic E-state index is 0.00991. The molecular weight excluding hydrogens is 358 g/mol. The Hall–Kier alpha value is -0.920. The van der Waals surface area contributed by atoms with Crippen molar-refractivity contribution in [3.05, 3.63) is 27.7 Å². The summed E-state index contributed by atoms with van der Waals surface area (Å²) in [7, 11) is -2.17. The fourth-order valence-corrected chi connectivity index (χ4v) is 4.53. The smallest absolute Gasteiger partial charge is 0.335 e. The zero-order valence-electron chi connectivity index (χ0n) is 12.1. The fraction of sp³-hybridized carbons (Fsp3) is 0.500. The first kappa shape index (κ1) is 16.5. The van der Waals surface area contributed by atoms with E-state index in [9.17, 15) is 13.2 Å². The average Bonchev–Trinajstić information content (AvgIpc) is 3.07. The SMILES string of the molecule is Cc1cc(C(=O)O)cc(S(=O)(=O)N(C)CC2CC2C)c1Br. The minimum atomic E-state index is -3.70. The molecule has 2 atom stereocenters. The number of aromatic carboxylic acids is 1. The van der Waals surface area contributed by atoms with Gasteiger partial charge in [-0.05, 0) is 58.8 Å². The Kier molecular flexibility index (Phi) is 4.46. The molecule has 1 aromatic rings. The van der Waals surface area contributed by atoms with Crippen molar-refractivity contribution < 1.29 is 18.3 Å². The van der Waals surface area contributed by atoms with Gasteiger partial charge in [-0.25, -0.2) is 17.5 Å². The molecule has 0 amide bonds. The van der Waals surface area contributed by atoms with Crippen molar-refractivity contribution in [2.24, 2.45) is 11.8 Å². The van der Waals surface area contributed by atoms with Crippen molar-refractivity contribution in [1.29, 1.82) is 0 Å². The van der Waals surface area contributed by atoms with Crippen LogP contribution in [0.3, 0.4) is 0 Å². The Labute approximate surface area is 133 Å². The summed E-state index contributed by atoms with van der Waals surface area (Å²) in [5.41, 5.74) is 0.559. The molecule has 0 aliphatic heterocycles. The second-order valence-corrected chi connectivity index (χ2v) is 8.48. The van der Waals surface area contributed by atoms with Crippen LogP contribution in [-0.4, -0.2) is 37.4 Å². The van der Waals surface area contributed by atoms with E-state index in [4.69, 9.17) is 5.11 Å². The molecule has 116 valence electrons. The van der Waals surface area contributed by atoms with Crippen LogP contribution in [-0.2, 0) is 10.0 Å². The van der Waals surface area contributed by atoms with Crippen molar-refractivity contribution in [2.45, 2.75) is 25.2 Å². The number of carboxylic acid groups (broad SMARTS) is 1. The van der Waals surface area contributed by atoms with Crippen LogP contribution >= 0.6 is 15.9 Å². The van der Waals surface area contributed by atoms with Gasteiger partial charge in [0, 0.05) is 18.1 Å². The number of benzene rings is 1. The van der Waals surface area contributed by atoms with Crippen LogP contribution in [0.15, 0.2) is 21.5 Å². The van der Waals surface area contributed by atoms with E-state index in [1.807, 2.05) is 0 Å². The normalized spacial score (nSPS) is 21.6. The van der Waals surface area contributed by atoms with Gasteiger partial charge in [0.1, 0.15) is 0 Å². The quantitative estimate of drug-likeness (QED) is 0.858. The summed E-state index contributed by atoms with van der Waals surface area (Å²) in [6, 6.07) is 2.66. The van der Waals surface area contributed by atoms with Gasteiger partial charge in [-0.15, -0.1) is 0 Å². The Morgan fingerprint density at radius 3 is 2.52 bits per heavy atom. The first-order valence-electron chi connectivity index (χ1n) is 6.64. The number of carbonyl (C=O) groups is 1. The van der Waals surface area contributed by atoms with Crippen molar-refractivity contribution in [2.75, 3.05) is 13.6 Å². The monoisotopic (exact) mass is 375 g/mol. The van der Waals surface area contributed by atoms with Crippen molar-refractivity contribution in [3.8, 4) is 0 Å². The molecule has 1 aliphatic rings. The van der Waals surface area contributed by atoms with Crippen molar-refractivity contribution in [3.63, 3.8) is 0 Å². The molecule has 0 radical (unpaired) electrons. The molecule has 1 saturated carbocycles. The minimum Gasteiger partial charge on any atom is -0.478 e. The highest BCUT2D eigenvalue weighted by molar-refractivity contribution is 9.10. The van der Waals surface area contributed by atoms with Gasteiger partial charge in [0.15, 0.2) is 0 Å². The summed E-state index contributed by atoms with van der Waals surface area (Å²) < 4.78 is 27.0. The second-order valence-electron chi connectivity index (χ2n) is 5.67. The van der Waals surface area contributed by atoms with E-state index in [2.05, 4.69) is 22.9 Å². The van der Waals surface area contributed by atoms with Crippen LogP contribution in [0.2, 0.25) is 0 Å². The molecule has 0 bridgehead atoms. The summed E-state index contributed by atoms with van der Waals surface area (Å²) in [6.45, 7) is 4.24. The summed E-state index contributed by atoms with van der Waals surface area (Å²) in [4.78, 5) is 11.1. The Morgan fingerprint density at radius 2 is 2.05 bits per heavy atom. The molecule has 21 heavy (non-hydrogen) atoms. The summed E-state index contributed by atoms with van der Waals surface area (Å²) in [5.74, 6) is -0.189. The first-order chi connectivity index (χ1) is 9.64. The first-order valence-corrected chi connectivity index (χ1v) is 8.87. The van der Waals surface area contributed by atoms with Gasteiger partial charge < -0.3 is 5.11 Å². The molecule has 7 heteroatoms. The van der Waals surface area contributed by atoms with Gasteiger partial charge >= 0.3 is 5.97 Å². The van der Waals surface area contributed by atoms with Gasteiger partial charge in [0.05, 0.1) is 10.5 Å². The third kappa shape index (κ3) is 3.30. The molecule has 0 aromatic heterocycles. The molecule has 2 rings (SSSR count). The molecule has 5 nitrogen and oxygen atoms in total. The van der Waals surface area contributed by atoms with Crippen molar-refractivity contribution in [1.82, 2.24) is 4.31 Å². The highest BCUT2D eigenvalue weighted by Gasteiger charge is 2.36. The molecule has 1 aromatic carbocycles. The highest BCUT2D eigenvalue weighted by atomic mass is 79.9. The fourth-order valence-electron chi connectivity index (χ4n) is 2.30. The molecule has 1 N–H and O–H groups in total. The number of rotatable bonds is 5. The van der Waals surface area contributed by atoms with Crippen LogP contribution in [0.1, 0.15) is 29.3 Å². The predicted molar refractivity (Wildman–Crippen MR) is 82.9 cm³/mol. The number of hydrogen-bond donors (Lipinski definition) is 1. The Balaban J connectivity index is 2.41. The number of hydrogen-bond acceptors (Lipinski definition) is 3. The van der Waals surface area contributed by atoms with E-state index in [1.54, 1.807) is 6.92 Å². The average molecular weight is 376 g/mol. The lowest BCUT2D eigenvalue weighted by molar-refractivity contribution is 0.0696. The topological polar surface area (TPSA) is 74.7 Å². The number of carboxylic acids is 1. The van der Waals surface area contributed by atoms with Crippen LogP contribution in [0.4, 0.5) is 0 Å². The lowest BCUT2D eigenvalue weighted by Crippen LogP contribution is -2.29. The summed E-state index contributed by atoms with van der Waals surface area (Å²) >= 11 is 3.26. The van der Waals surface area contributed by atoms with E-state index < -0.39 is 16.0 Å². The number of nitrogens with zero attached hydrogens (tertiary/aromatic N) is 1. The van der Waals surface area contributed by atoms with Gasteiger partial charge in [-0.3, -0.25) is 0 Å². The lowest BCUT2D eigenvalue weighted by atomic mass is 10.1. The van der Waals surface area contributed by atoms with E-state index in [0.717, 1.165) is 6.42 Å². The van der Waals surface area contributed by atoms with E-state index in [-0.39, 0.29) is 10.5 Å². The predicted octanol–water partition coefficient (Wildman–Crippen LogP) is 2.73. The Morgan fingerprint density at radius 1 is 1.48 bits per heavy atom. The maximum atomic E-state index is 12.7. The molecule has 0 spiro atoms. The van der Waals surface area contributed by atoms with Crippen molar-refractivity contribution >= 4 is 31.9 Å². The third-order valence-corrected chi connectivity index (χ3v) is 7.09. The zero-order valence-corrected chi connectivity index (χ0v) is 14.5. The number of sulfonamides is 1. The van der Waals surface area contributed by atoms with E-state index in [1.165, 1.54) is 23.5 Å². The van der Waals surface area contributed by atoms with Gasteiger partial charge in [-0.2, -0.15) is 0 Å². The molecular formula is C14H18BrNO4S. The van der Waals surface area contributed by atoms with Gasteiger partial charge in [-0.1, -0.05) is 6.92 Å². The summed E-state index contributed by atoms with van der Waals surface area (Å²) in [6.07, 6.45) is 1.04. The molecule has 1 fully saturated rings. The second kappa shape index (κ2) is 5.70. The molecule has 0 saturated heterocycles. The number of halogens is 1. The maximum absolute atomic E-state index is 12.7. The van der Waals surface area contributed by atoms with Gasteiger partial charge in [0.25, 0.3) is 0 Å². The lowest BCUT2D eigenvalue weighted by Gasteiger charge is -2.19. The largest absolute Gasteiger partial charge is 0.478 e. The third-order valence-electron chi connectivity index (χ3n) is 3.92. The highest BCUT2D eigenvalue weighted by Crippen LogP contribution is 2.39. The molecule has 0 heterocycles.